The molecule has 0 aliphatic rings. The van der Waals surface area contributed by atoms with Crippen molar-refractivity contribution in [3.05, 3.63) is 64.1 Å². The summed E-state index contributed by atoms with van der Waals surface area (Å²) < 4.78 is 0.955. The van der Waals surface area contributed by atoms with Crippen LogP contribution in [0.3, 0.4) is 0 Å². The largest absolute Gasteiger partial charge is 0.508 e. The first-order chi connectivity index (χ1) is 10.2. The van der Waals surface area contributed by atoms with Crippen molar-refractivity contribution in [2.45, 2.75) is 6.54 Å². The van der Waals surface area contributed by atoms with Gasteiger partial charge in [-0.2, -0.15) is 0 Å². The van der Waals surface area contributed by atoms with Crippen LogP contribution in [0.2, 0.25) is 0 Å². The zero-order valence-electron chi connectivity index (χ0n) is 11.1. The summed E-state index contributed by atoms with van der Waals surface area (Å²) >= 11 is 5.04. The summed E-state index contributed by atoms with van der Waals surface area (Å²) in [5.74, 6) is 0.296. The van der Waals surface area contributed by atoms with Crippen molar-refractivity contribution >= 4 is 33.0 Å². The van der Waals surface area contributed by atoms with Gasteiger partial charge in [0.05, 0.1) is 0 Å². The van der Waals surface area contributed by atoms with Crippen LogP contribution in [0.5, 0.6) is 5.75 Å². The summed E-state index contributed by atoms with van der Waals surface area (Å²) in [7, 11) is 0. The number of nitrogens with one attached hydrogen (secondary N) is 1. The number of benzene rings is 2. The van der Waals surface area contributed by atoms with Crippen LogP contribution in [-0.4, -0.2) is 10.1 Å². The van der Waals surface area contributed by atoms with Crippen LogP contribution in [0, 0.1) is 0 Å². The quantitative estimate of drug-likeness (QED) is 0.695. The van der Waals surface area contributed by atoms with Crippen molar-refractivity contribution in [1.82, 2.24) is 4.98 Å². The van der Waals surface area contributed by atoms with Gasteiger partial charge in [0.2, 0.25) is 0 Å². The Balaban J connectivity index is 1.70. The van der Waals surface area contributed by atoms with Gasteiger partial charge in [-0.3, -0.25) is 0 Å². The highest BCUT2D eigenvalue weighted by Crippen LogP contribution is 2.25. The van der Waals surface area contributed by atoms with Crippen molar-refractivity contribution in [3.8, 4) is 16.3 Å². The molecule has 0 saturated heterocycles. The van der Waals surface area contributed by atoms with Crippen LogP contribution in [0.25, 0.3) is 10.6 Å². The molecule has 1 heterocycles. The Kier molecular flexibility index (Phi) is 4.22. The molecule has 0 spiro atoms. The van der Waals surface area contributed by atoms with Crippen LogP contribution in [0.1, 0.15) is 5.56 Å². The highest BCUT2D eigenvalue weighted by molar-refractivity contribution is 9.10. The average molecular weight is 361 g/mol. The zero-order chi connectivity index (χ0) is 14.7. The molecule has 0 saturated carbocycles. The lowest BCUT2D eigenvalue weighted by atomic mass is 10.2. The van der Waals surface area contributed by atoms with Crippen LogP contribution in [-0.2, 0) is 6.54 Å². The number of aromatic nitrogens is 1. The second kappa shape index (κ2) is 6.28. The van der Waals surface area contributed by atoms with Gasteiger partial charge in [0.15, 0.2) is 0 Å². The van der Waals surface area contributed by atoms with Crippen LogP contribution < -0.4 is 5.32 Å². The van der Waals surface area contributed by atoms with E-state index in [1.54, 1.807) is 17.4 Å². The fraction of sp³-hybridized carbons (Fsp3) is 0.0625. The van der Waals surface area contributed by atoms with Gasteiger partial charge < -0.3 is 10.4 Å². The number of phenols is 1. The van der Waals surface area contributed by atoms with Crippen LogP contribution >= 0.6 is 27.3 Å². The number of thiazole rings is 1. The Morgan fingerprint density at radius 1 is 1.14 bits per heavy atom. The summed E-state index contributed by atoms with van der Waals surface area (Å²) in [5, 5.41) is 16.1. The van der Waals surface area contributed by atoms with Crippen molar-refractivity contribution in [2.24, 2.45) is 0 Å². The first kappa shape index (κ1) is 14.1. The summed E-state index contributed by atoms with van der Waals surface area (Å²) in [4.78, 5) is 4.29. The average Bonchev–Trinajstić information content (AvgIpc) is 3.03. The van der Waals surface area contributed by atoms with Crippen LogP contribution in [0.15, 0.2) is 58.5 Å². The second-order valence-corrected chi connectivity index (χ2v) is 6.35. The molecule has 3 aromatic rings. The monoisotopic (exact) mass is 360 g/mol. The maximum Gasteiger partial charge on any atom is 0.123 e. The van der Waals surface area contributed by atoms with E-state index in [1.807, 2.05) is 48.0 Å². The molecule has 0 atom stereocenters. The third-order valence-electron chi connectivity index (χ3n) is 3.09. The first-order valence-corrected chi connectivity index (χ1v) is 8.11. The number of rotatable bonds is 4. The first-order valence-electron chi connectivity index (χ1n) is 6.43. The van der Waals surface area contributed by atoms with E-state index in [1.165, 1.54) is 0 Å². The van der Waals surface area contributed by atoms with Crippen molar-refractivity contribution in [3.63, 3.8) is 0 Å². The molecular formula is C16H13BrN2OS. The number of hydrogen-bond donors (Lipinski definition) is 2. The van der Waals surface area contributed by atoms with Gasteiger partial charge in [0.1, 0.15) is 10.8 Å². The number of nitrogens with zero attached hydrogens (tertiary/aromatic N) is 1. The Bertz CT molecular complexity index is 727. The minimum atomic E-state index is 0.296. The maximum absolute atomic E-state index is 9.81. The van der Waals surface area contributed by atoms with Gasteiger partial charge in [-0.1, -0.05) is 15.9 Å². The zero-order valence-corrected chi connectivity index (χ0v) is 13.5. The molecule has 3 nitrogen and oxygen atoms in total. The minimum Gasteiger partial charge on any atom is -0.508 e. The second-order valence-electron chi connectivity index (χ2n) is 4.54. The fourth-order valence-electron chi connectivity index (χ4n) is 1.99. The molecule has 21 heavy (non-hydrogen) atoms. The lowest BCUT2D eigenvalue weighted by Crippen LogP contribution is -1.99. The molecule has 106 valence electrons. The predicted molar refractivity (Wildman–Crippen MR) is 90.7 cm³/mol. The van der Waals surface area contributed by atoms with E-state index in [-0.39, 0.29) is 0 Å². The van der Waals surface area contributed by atoms with Gasteiger partial charge in [-0.05, 0) is 42.5 Å². The third-order valence-corrected chi connectivity index (χ3v) is 4.40. The van der Waals surface area contributed by atoms with Gasteiger partial charge in [0.25, 0.3) is 0 Å². The molecule has 0 aliphatic carbocycles. The fourth-order valence-corrected chi connectivity index (χ4v) is 3.04. The smallest absolute Gasteiger partial charge is 0.123 e. The molecular weight excluding hydrogens is 348 g/mol. The van der Waals surface area contributed by atoms with Gasteiger partial charge in [-0.15, -0.1) is 11.3 Å². The molecule has 1 aromatic heterocycles. The van der Waals surface area contributed by atoms with Crippen molar-refractivity contribution in [1.29, 1.82) is 0 Å². The normalized spacial score (nSPS) is 10.5. The molecule has 0 bridgehead atoms. The third kappa shape index (κ3) is 3.43. The summed E-state index contributed by atoms with van der Waals surface area (Å²) in [6.45, 7) is 0.571. The van der Waals surface area contributed by atoms with E-state index in [9.17, 15) is 5.11 Å². The Hall–Kier alpha value is -1.85. The van der Waals surface area contributed by atoms with Crippen molar-refractivity contribution in [2.75, 3.05) is 5.32 Å². The number of hydrogen-bond acceptors (Lipinski definition) is 4. The summed E-state index contributed by atoms with van der Waals surface area (Å²) in [6, 6.07) is 13.5. The van der Waals surface area contributed by atoms with E-state index in [0.717, 1.165) is 26.3 Å². The molecule has 3 rings (SSSR count). The van der Waals surface area contributed by atoms with Crippen LogP contribution in [0.4, 0.5) is 5.69 Å². The van der Waals surface area contributed by atoms with Crippen molar-refractivity contribution < 1.29 is 5.11 Å². The molecule has 0 fully saturated rings. The number of phenolic OH excluding ortho intramolecular Hbond substituents is 1. The summed E-state index contributed by atoms with van der Waals surface area (Å²) in [6.07, 6.45) is 1.81. The Labute approximate surface area is 135 Å². The number of aromatic hydroxyl groups is 1. The SMILES string of the molecule is Oc1ccc(Br)cc1CNc1ccc(-c2nccs2)cc1. The molecule has 0 aliphatic heterocycles. The highest BCUT2D eigenvalue weighted by Gasteiger charge is 2.03. The molecule has 5 heteroatoms. The molecule has 2 N–H and O–H groups in total. The lowest BCUT2D eigenvalue weighted by molar-refractivity contribution is 0.469. The van der Waals surface area contributed by atoms with E-state index < -0.39 is 0 Å². The van der Waals surface area contributed by atoms with Gasteiger partial charge in [0, 0.05) is 39.4 Å². The van der Waals surface area contributed by atoms with Gasteiger partial charge in [-0.25, -0.2) is 4.98 Å². The maximum atomic E-state index is 9.81. The molecule has 0 unspecified atom stereocenters. The van der Waals surface area contributed by atoms with Gasteiger partial charge >= 0.3 is 0 Å². The number of anilines is 1. The molecule has 0 radical (unpaired) electrons. The molecule has 0 amide bonds. The highest BCUT2D eigenvalue weighted by atomic mass is 79.9. The Morgan fingerprint density at radius 2 is 1.95 bits per heavy atom. The summed E-state index contributed by atoms with van der Waals surface area (Å²) in [5.41, 5.74) is 2.98. The van der Waals surface area contributed by atoms with E-state index >= 15 is 0 Å². The Morgan fingerprint density at radius 3 is 2.67 bits per heavy atom. The van der Waals surface area contributed by atoms with E-state index in [2.05, 4.69) is 26.2 Å². The van der Waals surface area contributed by atoms with E-state index in [0.29, 0.717) is 12.3 Å². The molecule has 2 aromatic carbocycles. The lowest BCUT2D eigenvalue weighted by Gasteiger charge is -2.09. The number of halogens is 1. The minimum absolute atomic E-state index is 0.296. The predicted octanol–water partition coefficient (Wildman–Crippen LogP) is 4.89. The van der Waals surface area contributed by atoms with E-state index in [4.69, 9.17) is 0 Å². The standard InChI is InChI=1S/C16H13BrN2OS/c17-13-3-6-15(20)12(9-13)10-19-14-4-1-11(2-5-14)16-18-7-8-21-16/h1-9,19-20H,10H2. The topological polar surface area (TPSA) is 45.1 Å².